The third kappa shape index (κ3) is 4.20. The van der Waals surface area contributed by atoms with Gasteiger partial charge in [0.1, 0.15) is 0 Å². The number of aryl methyl sites for hydroxylation is 3. The summed E-state index contributed by atoms with van der Waals surface area (Å²) in [4.78, 5) is 12.1. The van der Waals surface area contributed by atoms with E-state index in [9.17, 15) is 13.2 Å². The summed E-state index contributed by atoms with van der Waals surface area (Å²) in [7, 11) is -3.01. The van der Waals surface area contributed by atoms with E-state index in [1.165, 1.54) is 0 Å². The number of benzene rings is 1. The molecule has 5 nitrogen and oxygen atoms in total. The zero-order valence-corrected chi connectivity index (χ0v) is 13.5. The fourth-order valence-corrected chi connectivity index (χ4v) is 4.49. The van der Waals surface area contributed by atoms with Crippen LogP contribution in [0.25, 0.3) is 0 Å². The van der Waals surface area contributed by atoms with Gasteiger partial charge in [0.2, 0.25) is 0 Å². The van der Waals surface area contributed by atoms with Gasteiger partial charge in [-0.1, -0.05) is 17.7 Å². The number of nitrogens with one attached hydrogen (secondary N) is 2. The number of urea groups is 1. The van der Waals surface area contributed by atoms with Crippen molar-refractivity contribution in [1.29, 1.82) is 0 Å². The highest BCUT2D eigenvalue weighted by atomic mass is 32.2. The van der Waals surface area contributed by atoms with Crippen LogP contribution in [0.2, 0.25) is 0 Å². The van der Waals surface area contributed by atoms with Crippen LogP contribution in [0.15, 0.2) is 12.1 Å². The standard InChI is InChI=1S/C15H22N2O3S/c1-10-7-11(2)14(12(3)8-10)17-15(18)16-13-5-4-6-21(19,20)9-13/h7-8,13H,4-6,9H2,1-3H3,(H2,16,17,18)/t13-/m0/s1. The Morgan fingerprint density at radius 3 is 2.38 bits per heavy atom. The molecule has 6 heteroatoms. The quantitative estimate of drug-likeness (QED) is 0.880. The number of sulfone groups is 1. The monoisotopic (exact) mass is 310 g/mol. The van der Waals surface area contributed by atoms with Crippen LogP contribution in [-0.2, 0) is 9.84 Å². The van der Waals surface area contributed by atoms with Gasteiger partial charge in [-0.05, 0) is 44.7 Å². The summed E-state index contributed by atoms with van der Waals surface area (Å²) in [5, 5.41) is 5.60. The van der Waals surface area contributed by atoms with Crippen molar-refractivity contribution in [2.75, 3.05) is 16.8 Å². The molecule has 1 aromatic carbocycles. The molecular formula is C15H22N2O3S. The normalized spacial score (nSPS) is 20.8. The number of carbonyl (C=O) groups excluding carboxylic acids is 1. The summed E-state index contributed by atoms with van der Waals surface area (Å²) in [6.45, 7) is 5.90. The van der Waals surface area contributed by atoms with Gasteiger partial charge in [-0.25, -0.2) is 13.2 Å². The minimum atomic E-state index is -3.01. The summed E-state index contributed by atoms with van der Waals surface area (Å²) < 4.78 is 23.1. The van der Waals surface area contributed by atoms with Gasteiger partial charge in [-0.15, -0.1) is 0 Å². The second-order valence-electron chi connectivity index (χ2n) is 5.83. The molecule has 0 unspecified atom stereocenters. The zero-order chi connectivity index (χ0) is 15.6. The zero-order valence-electron chi connectivity index (χ0n) is 12.7. The number of carbonyl (C=O) groups is 1. The molecule has 0 saturated carbocycles. The molecule has 1 saturated heterocycles. The van der Waals surface area contributed by atoms with Gasteiger partial charge < -0.3 is 10.6 Å². The van der Waals surface area contributed by atoms with Gasteiger partial charge in [0.05, 0.1) is 11.5 Å². The van der Waals surface area contributed by atoms with Crippen molar-refractivity contribution in [3.63, 3.8) is 0 Å². The Hall–Kier alpha value is -1.56. The number of amides is 2. The Balaban J connectivity index is 2.02. The maximum Gasteiger partial charge on any atom is 0.319 e. The SMILES string of the molecule is Cc1cc(C)c(NC(=O)N[C@H]2CCCS(=O)(=O)C2)c(C)c1. The lowest BCUT2D eigenvalue weighted by Crippen LogP contribution is -2.45. The highest BCUT2D eigenvalue weighted by Gasteiger charge is 2.26. The van der Waals surface area contributed by atoms with Gasteiger partial charge in [0.25, 0.3) is 0 Å². The van der Waals surface area contributed by atoms with Crippen molar-refractivity contribution in [2.45, 2.75) is 39.7 Å². The third-order valence-corrected chi connectivity index (χ3v) is 5.53. The first kappa shape index (κ1) is 15.8. The summed E-state index contributed by atoms with van der Waals surface area (Å²) in [5.74, 6) is 0.259. The van der Waals surface area contributed by atoms with Gasteiger partial charge in [0.15, 0.2) is 9.84 Å². The highest BCUT2D eigenvalue weighted by molar-refractivity contribution is 7.91. The van der Waals surface area contributed by atoms with Crippen LogP contribution < -0.4 is 10.6 Å². The first-order valence-electron chi connectivity index (χ1n) is 7.12. The van der Waals surface area contributed by atoms with Crippen molar-refractivity contribution < 1.29 is 13.2 Å². The number of hydrogen-bond acceptors (Lipinski definition) is 3. The molecular weight excluding hydrogens is 288 g/mol. The van der Waals surface area contributed by atoms with E-state index in [1.54, 1.807) is 0 Å². The van der Waals surface area contributed by atoms with Gasteiger partial charge in [-0.2, -0.15) is 0 Å². The lowest BCUT2D eigenvalue weighted by molar-refractivity contribution is 0.248. The molecule has 1 fully saturated rings. The molecule has 1 heterocycles. The maximum atomic E-state index is 12.1. The predicted octanol–water partition coefficient (Wildman–Crippen LogP) is 2.31. The number of anilines is 1. The molecule has 2 N–H and O–H groups in total. The minimum Gasteiger partial charge on any atom is -0.334 e. The molecule has 2 amide bonds. The first-order chi connectivity index (χ1) is 9.77. The highest BCUT2D eigenvalue weighted by Crippen LogP contribution is 2.22. The lowest BCUT2D eigenvalue weighted by Gasteiger charge is -2.23. The Labute approximate surface area is 126 Å². The molecule has 21 heavy (non-hydrogen) atoms. The van der Waals surface area contributed by atoms with E-state index >= 15 is 0 Å². The Bertz CT molecular complexity index is 630. The fourth-order valence-electron chi connectivity index (χ4n) is 2.85. The van der Waals surface area contributed by atoms with E-state index in [0.717, 1.165) is 22.4 Å². The molecule has 1 aromatic rings. The van der Waals surface area contributed by atoms with Crippen LogP contribution in [0.5, 0.6) is 0 Å². The van der Waals surface area contributed by atoms with E-state index in [-0.39, 0.29) is 23.6 Å². The molecule has 0 spiro atoms. The second-order valence-corrected chi connectivity index (χ2v) is 8.05. The maximum absolute atomic E-state index is 12.1. The van der Waals surface area contributed by atoms with E-state index in [0.29, 0.717) is 12.8 Å². The molecule has 1 aliphatic heterocycles. The first-order valence-corrected chi connectivity index (χ1v) is 8.95. The molecule has 0 radical (unpaired) electrons. The molecule has 1 atom stereocenters. The second kappa shape index (κ2) is 6.05. The largest absolute Gasteiger partial charge is 0.334 e. The molecule has 0 aliphatic carbocycles. The number of hydrogen-bond donors (Lipinski definition) is 2. The van der Waals surface area contributed by atoms with Gasteiger partial charge >= 0.3 is 6.03 Å². The smallest absolute Gasteiger partial charge is 0.319 e. The van der Waals surface area contributed by atoms with Crippen LogP contribution in [0, 0.1) is 20.8 Å². The van der Waals surface area contributed by atoms with Gasteiger partial charge in [0, 0.05) is 11.7 Å². The van der Waals surface area contributed by atoms with Crippen molar-refractivity contribution in [3.8, 4) is 0 Å². The molecule has 116 valence electrons. The van der Waals surface area contributed by atoms with E-state index < -0.39 is 9.84 Å². The minimum absolute atomic E-state index is 0.0340. The topological polar surface area (TPSA) is 75.3 Å². The lowest BCUT2D eigenvalue weighted by atomic mass is 10.1. The average Bonchev–Trinajstić information content (AvgIpc) is 2.32. The van der Waals surface area contributed by atoms with E-state index in [4.69, 9.17) is 0 Å². The van der Waals surface area contributed by atoms with Crippen molar-refractivity contribution in [3.05, 3.63) is 28.8 Å². The van der Waals surface area contributed by atoms with E-state index in [2.05, 4.69) is 10.6 Å². The summed E-state index contributed by atoms with van der Waals surface area (Å²) >= 11 is 0. The summed E-state index contributed by atoms with van der Waals surface area (Å²) in [6.07, 6.45) is 1.31. The molecule has 1 aliphatic rings. The van der Waals surface area contributed by atoms with Crippen LogP contribution >= 0.6 is 0 Å². The Kier molecular flexibility index (Phi) is 4.56. The molecule has 0 bridgehead atoms. The third-order valence-electron chi connectivity index (χ3n) is 3.71. The summed E-state index contributed by atoms with van der Waals surface area (Å²) in [5.41, 5.74) is 3.93. The predicted molar refractivity (Wildman–Crippen MR) is 84.5 cm³/mol. The average molecular weight is 310 g/mol. The number of rotatable bonds is 2. The summed E-state index contributed by atoms with van der Waals surface area (Å²) in [6, 6.07) is 3.38. The Morgan fingerprint density at radius 1 is 1.19 bits per heavy atom. The van der Waals surface area contributed by atoms with E-state index in [1.807, 2.05) is 32.9 Å². The van der Waals surface area contributed by atoms with Crippen LogP contribution in [0.4, 0.5) is 10.5 Å². The Morgan fingerprint density at radius 2 is 1.81 bits per heavy atom. The van der Waals surface area contributed by atoms with Crippen molar-refractivity contribution in [1.82, 2.24) is 5.32 Å². The molecule has 2 rings (SSSR count). The van der Waals surface area contributed by atoms with Crippen molar-refractivity contribution in [2.24, 2.45) is 0 Å². The van der Waals surface area contributed by atoms with Crippen LogP contribution in [-0.4, -0.2) is 32.0 Å². The van der Waals surface area contributed by atoms with Gasteiger partial charge in [-0.3, -0.25) is 0 Å². The van der Waals surface area contributed by atoms with Crippen molar-refractivity contribution >= 4 is 21.6 Å². The van der Waals surface area contributed by atoms with Crippen LogP contribution in [0.1, 0.15) is 29.5 Å². The fraction of sp³-hybridized carbons (Fsp3) is 0.533. The molecule has 0 aromatic heterocycles. The van der Waals surface area contributed by atoms with Crippen LogP contribution in [0.3, 0.4) is 0 Å².